The van der Waals surface area contributed by atoms with Crippen molar-refractivity contribution in [2.75, 3.05) is 13.1 Å². The number of rotatable bonds is 4. The van der Waals surface area contributed by atoms with E-state index in [9.17, 15) is 4.79 Å². The first kappa shape index (κ1) is 20.7. The highest BCUT2D eigenvalue weighted by atomic mass is 35.5. The minimum Gasteiger partial charge on any atom is -0.343 e. The van der Waals surface area contributed by atoms with Gasteiger partial charge in [-0.25, -0.2) is 0 Å². The molecule has 3 aromatic rings. The molecule has 0 bridgehead atoms. The number of thioether (sulfide) groups is 1. The summed E-state index contributed by atoms with van der Waals surface area (Å²) in [7, 11) is 0. The fraction of sp³-hybridized carbons (Fsp3) is 0.304. The molecule has 146 valence electrons. The first-order chi connectivity index (χ1) is 13.2. The van der Waals surface area contributed by atoms with Crippen LogP contribution in [-0.2, 0) is 4.79 Å². The third-order valence-electron chi connectivity index (χ3n) is 5.19. The van der Waals surface area contributed by atoms with Gasteiger partial charge in [0.15, 0.2) is 0 Å². The van der Waals surface area contributed by atoms with Crippen molar-refractivity contribution in [2.45, 2.75) is 36.3 Å². The Balaban J connectivity index is 0.00000225. The number of aromatic nitrogens is 1. The largest absolute Gasteiger partial charge is 0.343 e. The second kappa shape index (κ2) is 9.44. The van der Waals surface area contributed by atoms with Crippen LogP contribution in [0.25, 0.3) is 22.0 Å². The van der Waals surface area contributed by atoms with Crippen molar-refractivity contribution in [3.05, 3.63) is 60.8 Å². The van der Waals surface area contributed by atoms with Crippen molar-refractivity contribution in [1.82, 2.24) is 9.88 Å². The zero-order valence-electron chi connectivity index (χ0n) is 16.0. The summed E-state index contributed by atoms with van der Waals surface area (Å²) >= 11 is 1.94. The molecule has 0 aliphatic carbocycles. The lowest BCUT2D eigenvalue weighted by Gasteiger charge is -2.31. The molecule has 3 nitrogen and oxygen atoms in total. The lowest BCUT2D eigenvalue weighted by Crippen LogP contribution is -2.38. The number of carbonyl (C=O) groups is 1. The molecule has 1 amide bonds. The number of carbonyl (C=O) groups excluding carboxylic acids is 1. The molecule has 0 atom stereocenters. The molecule has 28 heavy (non-hydrogen) atoms. The molecule has 1 saturated heterocycles. The van der Waals surface area contributed by atoms with Crippen LogP contribution in [0.5, 0.6) is 0 Å². The van der Waals surface area contributed by atoms with Crippen LogP contribution in [-0.4, -0.2) is 34.1 Å². The molecule has 1 aliphatic heterocycles. The van der Waals surface area contributed by atoms with Crippen LogP contribution in [0.4, 0.5) is 0 Å². The summed E-state index contributed by atoms with van der Waals surface area (Å²) in [5.41, 5.74) is 3.45. The third kappa shape index (κ3) is 4.68. The van der Waals surface area contributed by atoms with Crippen LogP contribution < -0.4 is 0 Å². The normalized spacial score (nSPS) is 14.7. The first-order valence-corrected chi connectivity index (χ1v) is 10.5. The summed E-state index contributed by atoms with van der Waals surface area (Å²) in [4.78, 5) is 19.6. The molecule has 0 spiro atoms. The maximum Gasteiger partial charge on any atom is 0.222 e. The molecule has 1 fully saturated rings. The number of piperidine rings is 1. The summed E-state index contributed by atoms with van der Waals surface area (Å²) in [5.74, 6) is 0.285. The molecule has 2 heterocycles. The zero-order chi connectivity index (χ0) is 18.6. The molecule has 1 aromatic heterocycles. The SMILES string of the molecule is CCC(=O)N1CCC(Sc2ccc(-c3ccc4cccnc4c3)cc2)CC1.Cl. The first-order valence-electron chi connectivity index (χ1n) is 9.62. The van der Waals surface area contributed by atoms with E-state index >= 15 is 0 Å². The van der Waals surface area contributed by atoms with Crippen molar-refractivity contribution >= 4 is 41.0 Å². The minimum absolute atomic E-state index is 0. The van der Waals surface area contributed by atoms with Gasteiger partial charge in [0.2, 0.25) is 5.91 Å². The Morgan fingerprint density at radius 2 is 1.79 bits per heavy atom. The van der Waals surface area contributed by atoms with E-state index in [-0.39, 0.29) is 18.3 Å². The van der Waals surface area contributed by atoms with Gasteiger partial charge < -0.3 is 4.90 Å². The van der Waals surface area contributed by atoms with Crippen molar-refractivity contribution in [2.24, 2.45) is 0 Å². The number of hydrogen-bond acceptors (Lipinski definition) is 3. The lowest BCUT2D eigenvalue weighted by molar-refractivity contribution is -0.131. The molecule has 0 N–H and O–H groups in total. The fourth-order valence-corrected chi connectivity index (χ4v) is 4.74. The number of benzene rings is 2. The van der Waals surface area contributed by atoms with Gasteiger partial charge in [-0.15, -0.1) is 24.2 Å². The van der Waals surface area contributed by atoms with Crippen molar-refractivity contribution < 1.29 is 4.79 Å². The fourth-order valence-electron chi connectivity index (χ4n) is 3.61. The van der Waals surface area contributed by atoms with E-state index in [0.29, 0.717) is 11.7 Å². The van der Waals surface area contributed by atoms with E-state index in [1.165, 1.54) is 21.4 Å². The summed E-state index contributed by atoms with van der Waals surface area (Å²) in [6, 6.07) is 19.3. The van der Waals surface area contributed by atoms with Gasteiger partial charge in [0, 0.05) is 41.2 Å². The van der Waals surface area contributed by atoms with E-state index in [4.69, 9.17) is 0 Å². The van der Waals surface area contributed by atoms with Gasteiger partial charge in [0.05, 0.1) is 5.52 Å². The molecule has 0 saturated carbocycles. The van der Waals surface area contributed by atoms with E-state index < -0.39 is 0 Å². The number of fused-ring (bicyclic) bond motifs is 1. The van der Waals surface area contributed by atoms with Crippen LogP contribution in [0.2, 0.25) is 0 Å². The van der Waals surface area contributed by atoms with E-state index in [2.05, 4.69) is 53.5 Å². The van der Waals surface area contributed by atoms with Gasteiger partial charge in [-0.1, -0.05) is 37.3 Å². The topological polar surface area (TPSA) is 33.2 Å². The summed E-state index contributed by atoms with van der Waals surface area (Å²) < 4.78 is 0. The molecular formula is C23H25ClN2OS. The average Bonchev–Trinajstić information content (AvgIpc) is 2.74. The van der Waals surface area contributed by atoms with Gasteiger partial charge in [-0.3, -0.25) is 9.78 Å². The molecule has 1 aliphatic rings. The average molecular weight is 413 g/mol. The Kier molecular flexibility index (Phi) is 6.97. The molecule has 4 rings (SSSR count). The van der Waals surface area contributed by atoms with Gasteiger partial charge in [-0.05, 0) is 48.2 Å². The van der Waals surface area contributed by atoms with Crippen molar-refractivity contribution in [3.8, 4) is 11.1 Å². The maximum atomic E-state index is 11.8. The highest BCUT2D eigenvalue weighted by Crippen LogP contribution is 2.32. The molecule has 5 heteroatoms. The van der Waals surface area contributed by atoms with Gasteiger partial charge >= 0.3 is 0 Å². The summed E-state index contributed by atoms with van der Waals surface area (Å²) in [6.07, 6.45) is 4.61. The number of hydrogen-bond donors (Lipinski definition) is 0. The van der Waals surface area contributed by atoms with Crippen LogP contribution in [0.15, 0.2) is 65.7 Å². The highest BCUT2D eigenvalue weighted by molar-refractivity contribution is 8.00. The highest BCUT2D eigenvalue weighted by Gasteiger charge is 2.22. The maximum absolute atomic E-state index is 11.8. The standard InChI is InChI=1S/C23H24N2OS.ClH/c1-2-23(26)25-14-11-21(12-15-25)27-20-9-7-17(8-10-20)19-6-5-18-4-3-13-24-22(18)16-19;/h3-10,13,16,21H,2,11-12,14-15H2,1H3;1H. The Labute approximate surface area is 177 Å². The Morgan fingerprint density at radius 1 is 1.07 bits per heavy atom. The van der Waals surface area contributed by atoms with Crippen molar-refractivity contribution in [1.29, 1.82) is 0 Å². The number of halogens is 1. The Bertz CT molecular complexity index is 937. The van der Waals surface area contributed by atoms with Crippen LogP contribution in [0.3, 0.4) is 0 Å². The predicted octanol–water partition coefficient (Wildman–Crippen LogP) is 5.82. The van der Waals surface area contributed by atoms with Crippen LogP contribution >= 0.6 is 24.2 Å². The van der Waals surface area contributed by atoms with Gasteiger partial charge in [0.25, 0.3) is 0 Å². The smallest absolute Gasteiger partial charge is 0.222 e. The molecule has 2 aromatic carbocycles. The van der Waals surface area contributed by atoms with Gasteiger partial charge in [-0.2, -0.15) is 0 Å². The van der Waals surface area contributed by atoms with E-state index in [1.807, 2.05) is 35.8 Å². The second-order valence-electron chi connectivity index (χ2n) is 6.99. The predicted molar refractivity (Wildman–Crippen MR) is 120 cm³/mol. The number of nitrogens with zero attached hydrogens (tertiary/aromatic N) is 2. The minimum atomic E-state index is 0. The third-order valence-corrected chi connectivity index (χ3v) is 6.54. The Morgan fingerprint density at radius 3 is 2.50 bits per heavy atom. The van der Waals surface area contributed by atoms with Crippen molar-refractivity contribution in [3.63, 3.8) is 0 Å². The molecule has 0 unspecified atom stereocenters. The molecular weight excluding hydrogens is 388 g/mol. The number of likely N-dealkylation sites (tertiary alicyclic amines) is 1. The zero-order valence-corrected chi connectivity index (χ0v) is 17.6. The van der Waals surface area contributed by atoms with Crippen LogP contribution in [0, 0.1) is 0 Å². The van der Waals surface area contributed by atoms with Crippen LogP contribution in [0.1, 0.15) is 26.2 Å². The number of pyridine rings is 1. The van der Waals surface area contributed by atoms with E-state index in [1.54, 1.807) is 0 Å². The van der Waals surface area contributed by atoms with Gasteiger partial charge in [0.1, 0.15) is 0 Å². The quantitative estimate of drug-likeness (QED) is 0.541. The monoisotopic (exact) mass is 412 g/mol. The number of amides is 1. The lowest BCUT2D eigenvalue weighted by atomic mass is 10.0. The van der Waals surface area contributed by atoms with E-state index in [0.717, 1.165) is 31.4 Å². The summed E-state index contributed by atoms with van der Waals surface area (Å²) in [6.45, 7) is 3.73. The second-order valence-corrected chi connectivity index (χ2v) is 8.36. The summed E-state index contributed by atoms with van der Waals surface area (Å²) in [5, 5.41) is 1.77. The Hall–Kier alpha value is -2.04. The molecule has 0 radical (unpaired) electrons.